The number of carbonyl (C=O) groups is 1. The molecule has 1 aromatic rings. The fourth-order valence-electron chi connectivity index (χ4n) is 3.45. The first-order valence-corrected chi connectivity index (χ1v) is 8.04. The number of aliphatic hydroxyl groups is 1. The van der Waals surface area contributed by atoms with Crippen LogP contribution in [0.15, 0.2) is 18.2 Å². The topological polar surface area (TPSA) is 61.4 Å². The minimum absolute atomic E-state index is 0.0606. The first-order chi connectivity index (χ1) is 10.2. The van der Waals surface area contributed by atoms with Crippen molar-refractivity contribution in [1.82, 2.24) is 5.32 Å². The number of carbonyl (C=O) groups excluding carboxylic acids is 1. The summed E-state index contributed by atoms with van der Waals surface area (Å²) in [4.78, 5) is 12.5. The molecule has 1 amide bonds. The molecule has 3 N–H and O–H groups in total. The molecule has 4 heteroatoms. The Labute approximate surface area is 125 Å². The molecule has 1 aliphatic carbocycles. The number of anilines is 1. The van der Waals surface area contributed by atoms with E-state index < -0.39 is 5.60 Å². The molecule has 1 fully saturated rings. The zero-order valence-electron chi connectivity index (χ0n) is 12.5. The Kier molecular flexibility index (Phi) is 4.15. The lowest BCUT2D eigenvalue weighted by atomic mass is 9.85. The minimum atomic E-state index is -0.707. The van der Waals surface area contributed by atoms with Crippen LogP contribution in [0, 0.1) is 0 Å². The van der Waals surface area contributed by atoms with E-state index >= 15 is 0 Å². The van der Waals surface area contributed by atoms with Crippen molar-refractivity contribution in [1.29, 1.82) is 0 Å². The van der Waals surface area contributed by atoms with Crippen molar-refractivity contribution in [2.45, 2.75) is 50.5 Å². The number of nitrogens with one attached hydrogen (secondary N) is 2. The van der Waals surface area contributed by atoms with Gasteiger partial charge in [-0.15, -0.1) is 0 Å². The van der Waals surface area contributed by atoms with Gasteiger partial charge in [0.15, 0.2) is 0 Å². The van der Waals surface area contributed by atoms with Crippen LogP contribution >= 0.6 is 0 Å². The van der Waals surface area contributed by atoms with Crippen molar-refractivity contribution < 1.29 is 9.90 Å². The van der Waals surface area contributed by atoms with Gasteiger partial charge in [0.05, 0.1) is 5.60 Å². The van der Waals surface area contributed by atoms with E-state index in [1.54, 1.807) is 0 Å². The molecule has 1 aromatic carbocycles. The van der Waals surface area contributed by atoms with E-state index in [4.69, 9.17) is 0 Å². The molecule has 0 atom stereocenters. The number of amides is 1. The van der Waals surface area contributed by atoms with Gasteiger partial charge in [0.2, 0.25) is 0 Å². The Morgan fingerprint density at radius 1 is 1.24 bits per heavy atom. The summed E-state index contributed by atoms with van der Waals surface area (Å²) in [5, 5.41) is 16.8. The number of hydrogen-bond donors (Lipinski definition) is 3. The van der Waals surface area contributed by atoms with Crippen LogP contribution in [0.1, 0.15) is 54.4 Å². The van der Waals surface area contributed by atoms with Gasteiger partial charge in [0, 0.05) is 24.3 Å². The number of rotatable bonds is 3. The molecule has 0 radical (unpaired) electrons. The van der Waals surface area contributed by atoms with Gasteiger partial charge < -0.3 is 15.7 Å². The maximum absolute atomic E-state index is 12.5. The monoisotopic (exact) mass is 288 g/mol. The van der Waals surface area contributed by atoms with E-state index in [-0.39, 0.29) is 5.91 Å². The van der Waals surface area contributed by atoms with Crippen LogP contribution in [0.5, 0.6) is 0 Å². The normalized spacial score (nSPS) is 20.2. The van der Waals surface area contributed by atoms with E-state index in [0.29, 0.717) is 6.54 Å². The second kappa shape index (κ2) is 6.06. The van der Waals surface area contributed by atoms with Gasteiger partial charge >= 0.3 is 0 Å². The number of benzene rings is 1. The molecule has 0 bridgehead atoms. The van der Waals surface area contributed by atoms with Crippen LogP contribution in [0.3, 0.4) is 0 Å². The molecule has 1 aliphatic heterocycles. The van der Waals surface area contributed by atoms with Gasteiger partial charge in [0.1, 0.15) is 0 Å². The third-order valence-corrected chi connectivity index (χ3v) is 4.70. The van der Waals surface area contributed by atoms with Gasteiger partial charge in [-0.05, 0) is 43.4 Å². The highest BCUT2D eigenvalue weighted by molar-refractivity contribution is 5.97. The molecule has 114 valence electrons. The maximum Gasteiger partial charge on any atom is 0.251 e. The molecule has 0 aromatic heterocycles. The molecule has 1 heterocycles. The van der Waals surface area contributed by atoms with Crippen LogP contribution in [0.25, 0.3) is 0 Å². The summed E-state index contributed by atoms with van der Waals surface area (Å²) < 4.78 is 0. The maximum atomic E-state index is 12.5. The fourth-order valence-corrected chi connectivity index (χ4v) is 3.45. The van der Waals surface area contributed by atoms with E-state index in [1.807, 2.05) is 18.2 Å². The van der Waals surface area contributed by atoms with Crippen molar-refractivity contribution in [3.05, 3.63) is 29.3 Å². The van der Waals surface area contributed by atoms with Crippen LogP contribution in [0.4, 0.5) is 5.69 Å². The van der Waals surface area contributed by atoms with E-state index in [9.17, 15) is 9.90 Å². The molecule has 21 heavy (non-hydrogen) atoms. The summed E-state index contributed by atoms with van der Waals surface area (Å²) in [6, 6.07) is 5.83. The lowest BCUT2D eigenvalue weighted by Crippen LogP contribution is -2.44. The minimum Gasteiger partial charge on any atom is -0.388 e. The zero-order chi connectivity index (χ0) is 14.7. The standard InChI is InChI=1S/C17H24N2O2/c20-16(19-12-17(21)9-2-1-3-10-17)14-6-4-8-15-13(14)7-5-11-18-15/h4,6,8,18,21H,1-3,5,7,9-12H2,(H,19,20). The zero-order valence-corrected chi connectivity index (χ0v) is 12.5. The number of fused-ring (bicyclic) bond motifs is 1. The highest BCUT2D eigenvalue weighted by Gasteiger charge is 2.30. The highest BCUT2D eigenvalue weighted by Crippen LogP contribution is 2.28. The Balaban J connectivity index is 1.68. The van der Waals surface area contributed by atoms with Crippen molar-refractivity contribution >= 4 is 11.6 Å². The van der Waals surface area contributed by atoms with E-state index in [2.05, 4.69) is 10.6 Å². The van der Waals surface area contributed by atoms with Gasteiger partial charge in [-0.25, -0.2) is 0 Å². The summed E-state index contributed by atoms with van der Waals surface area (Å²) in [6.45, 7) is 1.33. The average molecular weight is 288 g/mol. The predicted octanol–water partition coefficient (Wildman–Crippen LogP) is 2.47. The third-order valence-electron chi connectivity index (χ3n) is 4.70. The van der Waals surface area contributed by atoms with Crippen molar-refractivity contribution in [3.8, 4) is 0 Å². The molecule has 2 aliphatic rings. The Morgan fingerprint density at radius 2 is 2.05 bits per heavy atom. The molecule has 0 unspecified atom stereocenters. The van der Waals surface area contributed by atoms with Gasteiger partial charge in [-0.1, -0.05) is 25.3 Å². The average Bonchev–Trinajstić information content (AvgIpc) is 2.53. The summed E-state index contributed by atoms with van der Waals surface area (Å²) >= 11 is 0. The molecule has 4 nitrogen and oxygen atoms in total. The second-order valence-corrected chi connectivity index (χ2v) is 6.33. The van der Waals surface area contributed by atoms with Gasteiger partial charge in [-0.3, -0.25) is 4.79 Å². The molecule has 0 saturated heterocycles. The van der Waals surface area contributed by atoms with Crippen molar-refractivity contribution in [3.63, 3.8) is 0 Å². The fraction of sp³-hybridized carbons (Fsp3) is 0.588. The Bertz CT molecular complexity index is 522. The summed E-state index contributed by atoms with van der Waals surface area (Å²) in [6.07, 6.45) is 6.88. The molecule has 1 saturated carbocycles. The molecular formula is C17H24N2O2. The smallest absolute Gasteiger partial charge is 0.251 e. The second-order valence-electron chi connectivity index (χ2n) is 6.33. The first-order valence-electron chi connectivity index (χ1n) is 8.04. The first kappa shape index (κ1) is 14.4. The van der Waals surface area contributed by atoms with Crippen LogP contribution in [-0.2, 0) is 6.42 Å². The molecular weight excluding hydrogens is 264 g/mol. The quantitative estimate of drug-likeness (QED) is 0.800. The van der Waals surface area contributed by atoms with E-state index in [0.717, 1.165) is 61.9 Å². The number of hydrogen-bond acceptors (Lipinski definition) is 3. The van der Waals surface area contributed by atoms with Crippen molar-refractivity contribution in [2.75, 3.05) is 18.4 Å². The summed E-state index contributed by atoms with van der Waals surface area (Å²) in [5.41, 5.74) is 2.22. The SMILES string of the molecule is O=C(NCC1(O)CCCCC1)c1cccc2c1CCCN2. The lowest BCUT2D eigenvalue weighted by molar-refractivity contribution is 0.00525. The van der Waals surface area contributed by atoms with Gasteiger partial charge in [-0.2, -0.15) is 0 Å². The van der Waals surface area contributed by atoms with Gasteiger partial charge in [0.25, 0.3) is 5.91 Å². The predicted molar refractivity (Wildman–Crippen MR) is 83.6 cm³/mol. The summed E-state index contributed by atoms with van der Waals surface area (Å²) in [5.74, 6) is -0.0606. The van der Waals surface area contributed by atoms with Crippen LogP contribution in [-0.4, -0.2) is 29.7 Å². The van der Waals surface area contributed by atoms with Crippen LogP contribution in [0.2, 0.25) is 0 Å². The van der Waals surface area contributed by atoms with Crippen molar-refractivity contribution in [2.24, 2.45) is 0 Å². The Morgan fingerprint density at radius 3 is 2.86 bits per heavy atom. The molecule has 3 rings (SSSR count). The largest absolute Gasteiger partial charge is 0.388 e. The lowest BCUT2D eigenvalue weighted by Gasteiger charge is -2.32. The molecule has 0 spiro atoms. The third kappa shape index (κ3) is 3.21. The highest BCUT2D eigenvalue weighted by atomic mass is 16.3. The van der Waals surface area contributed by atoms with Crippen LogP contribution < -0.4 is 10.6 Å². The van der Waals surface area contributed by atoms with E-state index in [1.165, 1.54) is 6.42 Å². The Hall–Kier alpha value is -1.55. The summed E-state index contributed by atoms with van der Waals surface area (Å²) in [7, 11) is 0.